The van der Waals surface area contributed by atoms with Crippen LogP contribution < -0.4 is 0 Å². The third-order valence-corrected chi connectivity index (χ3v) is 2.88. The molecule has 0 saturated heterocycles. The Bertz CT molecular complexity index is 445. The van der Waals surface area contributed by atoms with E-state index in [1.807, 2.05) is 42.5 Å². The van der Waals surface area contributed by atoms with Gasteiger partial charge in [-0.3, -0.25) is 0 Å². The van der Waals surface area contributed by atoms with Crippen LogP contribution in [0.3, 0.4) is 0 Å². The summed E-state index contributed by atoms with van der Waals surface area (Å²) in [5.41, 5.74) is -0.150. The van der Waals surface area contributed by atoms with Crippen LogP contribution in [0, 0.1) is 5.92 Å². The van der Waals surface area contributed by atoms with Crippen LogP contribution in [0.1, 0.15) is 31.6 Å². The molecule has 0 radical (unpaired) electrons. The Balaban J connectivity index is 2.44. The lowest BCUT2D eigenvalue weighted by atomic mass is 9.84. The van der Waals surface area contributed by atoms with E-state index >= 15 is 0 Å². The molecule has 0 fully saturated rings. The van der Waals surface area contributed by atoms with Crippen molar-refractivity contribution in [2.45, 2.75) is 25.9 Å². The Morgan fingerprint density at radius 2 is 1.82 bits per heavy atom. The van der Waals surface area contributed by atoms with E-state index in [0.29, 0.717) is 18.1 Å². The summed E-state index contributed by atoms with van der Waals surface area (Å²) in [6.45, 7) is 4.19. The number of aliphatic hydroxyl groups is 1. The lowest BCUT2D eigenvalue weighted by Gasteiger charge is -2.28. The van der Waals surface area contributed by atoms with Gasteiger partial charge < -0.3 is 9.52 Å². The molecule has 1 N–H and O–H groups in total. The van der Waals surface area contributed by atoms with Crippen molar-refractivity contribution in [2.75, 3.05) is 0 Å². The quantitative estimate of drug-likeness (QED) is 0.871. The van der Waals surface area contributed by atoms with E-state index in [-0.39, 0.29) is 0 Å². The second-order valence-electron chi connectivity index (χ2n) is 4.80. The molecule has 1 atom stereocenters. The third kappa shape index (κ3) is 2.42. The maximum atomic E-state index is 10.9. The number of furan rings is 1. The van der Waals surface area contributed by atoms with E-state index in [4.69, 9.17) is 4.42 Å². The van der Waals surface area contributed by atoms with Gasteiger partial charge in [-0.1, -0.05) is 44.2 Å². The minimum Gasteiger partial charge on any atom is -0.466 e. The van der Waals surface area contributed by atoms with E-state index in [2.05, 4.69) is 13.8 Å². The van der Waals surface area contributed by atoms with Gasteiger partial charge in [0.05, 0.1) is 6.26 Å². The molecule has 17 heavy (non-hydrogen) atoms. The number of benzene rings is 1. The summed E-state index contributed by atoms with van der Waals surface area (Å²) in [4.78, 5) is 0. The Labute approximate surface area is 102 Å². The molecule has 0 aliphatic carbocycles. The van der Waals surface area contributed by atoms with Crippen LogP contribution in [0.25, 0.3) is 0 Å². The van der Waals surface area contributed by atoms with Crippen molar-refractivity contribution in [1.29, 1.82) is 0 Å². The molecule has 2 nitrogen and oxygen atoms in total. The summed E-state index contributed by atoms with van der Waals surface area (Å²) in [7, 11) is 0. The predicted molar refractivity (Wildman–Crippen MR) is 67.6 cm³/mol. The van der Waals surface area contributed by atoms with Crippen LogP contribution in [0.15, 0.2) is 53.1 Å². The summed E-state index contributed by atoms with van der Waals surface area (Å²) in [6, 6.07) is 13.3. The second-order valence-corrected chi connectivity index (χ2v) is 4.80. The van der Waals surface area contributed by atoms with Gasteiger partial charge in [0.15, 0.2) is 0 Å². The van der Waals surface area contributed by atoms with Gasteiger partial charge >= 0.3 is 0 Å². The summed E-state index contributed by atoms with van der Waals surface area (Å²) in [5, 5.41) is 10.9. The largest absolute Gasteiger partial charge is 0.466 e. The molecule has 1 aromatic carbocycles. The summed E-state index contributed by atoms with van der Waals surface area (Å²) in [5.74, 6) is 0.989. The van der Waals surface area contributed by atoms with Crippen LogP contribution in [0.2, 0.25) is 0 Å². The van der Waals surface area contributed by atoms with Crippen molar-refractivity contribution in [3.8, 4) is 0 Å². The molecular formula is C15H18O2. The minimum atomic E-state index is -1.03. The first kappa shape index (κ1) is 11.9. The van der Waals surface area contributed by atoms with Crippen molar-refractivity contribution < 1.29 is 9.52 Å². The molecule has 0 bridgehead atoms. The zero-order valence-electron chi connectivity index (χ0n) is 10.3. The van der Waals surface area contributed by atoms with Gasteiger partial charge in [-0.2, -0.15) is 0 Å². The topological polar surface area (TPSA) is 33.4 Å². The Morgan fingerprint density at radius 1 is 1.12 bits per heavy atom. The average Bonchev–Trinajstić information content (AvgIpc) is 2.83. The predicted octanol–water partition coefficient (Wildman–Crippen LogP) is 3.56. The number of hydrogen-bond donors (Lipinski definition) is 1. The molecule has 0 amide bonds. The fourth-order valence-corrected chi connectivity index (χ4v) is 2.18. The molecular weight excluding hydrogens is 212 g/mol. The van der Waals surface area contributed by atoms with Gasteiger partial charge in [-0.05, 0) is 30.0 Å². The Kier molecular flexibility index (Phi) is 3.34. The van der Waals surface area contributed by atoms with Gasteiger partial charge in [-0.25, -0.2) is 0 Å². The van der Waals surface area contributed by atoms with Crippen LogP contribution in [-0.4, -0.2) is 5.11 Å². The number of hydrogen-bond acceptors (Lipinski definition) is 2. The molecule has 1 heterocycles. The molecule has 2 rings (SSSR count). The minimum absolute atomic E-state index is 0.380. The zero-order valence-corrected chi connectivity index (χ0v) is 10.3. The molecule has 0 aliphatic heterocycles. The first-order valence-corrected chi connectivity index (χ1v) is 5.95. The van der Waals surface area contributed by atoms with Gasteiger partial charge in [-0.15, -0.1) is 0 Å². The third-order valence-electron chi connectivity index (χ3n) is 2.88. The van der Waals surface area contributed by atoms with E-state index in [9.17, 15) is 5.11 Å². The van der Waals surface area contributed by atoms with Crippen molar-refractivity contribution in [3.05, 3.63) is 60.1 Å². The molecule has 0 aliphatic rings. The summed E-state index contributed by atoms with van der Waals surface area (Å²) in [6.07, 6.45) is 2.24. The van der Waals surface area contributed by atoms with Gasteiger partial charge in [0.1, 0.15) is 11.4 Å². The normalized spacial score (nSPS) is 14.8. The molecule has 1 unspecified atom stereocenters. The molecule has 90 valence electrons. The van der Waals surface area contributed by atoms with E-state index in [1.54, 1.807) is 6.26 Å². The highest BCUT2D eigenvalue weighted by Gasteiger charge is 2.34. The first-order valence-electron chi connectivity index (χ1n) is 5.95. The van der Waals surface area contributed by atoms with Crippen molar-refractivity contribution in [2.24, 2.45) is 5.92 Å². The molecule has 0 spiro atoms. The highest BCUT2D eigenvalue weighted by molar-refractivity contribution is 5.30. The summed E-state index contributed by atoms with van der Waals surface area (Å²) < 4.78 is 5.40. The lowest BCUT2D eigenvalue weighted by Crippen LogP contribution is -2.28. The maximum absolute atomic E-state index is 10.9. The Hall–Kier alpha value is -1.54. The molecule has 2 aromatic rings. The van der Waals surface area contributed by atoms with Crippen LogP contribution in [0.5, 0.6) is 0 Å². The first-order chi connectivity index (χ1) is 8.13. The lowest BCUT2D eigenvalue weighted by molar-refractivity contribution is 0.0354. The van der Waals surface area contributed by atoms with Crippen molar-refractivity contribution >= 4 is 0 Å². The van der Waals surface area contributed by atoms with Crippen LogP contribution in [-0.2, 0) is 5.60 Å². The van der Waals surface area contributed by atoms with Crippen LogP contribution in [0.4, 0.5) is 0 Å². The Morgan fingerprint density at radius 3 is 2.35 bits per heavy atom. The average molecular weight is 230 g/mol. The standard InChI is InChI=1S/C15H18O2/c1-12(2)11-15(16,14-9-6-10-17-14)13-7-4-3-5-8-13/h3-10,12,16H,11H2,1-2H3. The zero-order chi connectivity index (χ0) is 12.3. The van der Waals surface area contributed by atoms with Gasteiger partial charge in [0, 0.05) is 0 Å². The van der Waals surface area contributed by atoms with Gasteiger partial charge in [0.2, 0.25) is 0 Å². The molecule has 0 saturated carbocycles. The van der Waals surface area contributed by atoms with Gasteiger partial charge in [0.25, 0.3) is 0 Å². The highest BCUT2D eigenvalue weighted by atomic mass is 16.4. The molecule has 1 aromatic heterocycles. The van der Waals surface area contributed by atoms with Crippen LogP contribution >= 0.6 is 0 Å². The monoisotopic (exact) mass is 230 g/mol. The summed E-state index contributed by atoms with van der Waals surface area (Å²) >= 11 is 0. The number of rotatable bonds is 4. The maximum Gasteiger partial charge on any atom is 0.147 e. The van der Waals surface area contributed by atoms with E-state index in [1.165, 1.54) is 0 Å². The fourth-order valence-electron chi connectivity index (χ4n) is 2.18. The van der Waals surface area contributed by atoms with E-state index in [0.717, 1.165) is 5.56 Å². The second kappa shape index (κ2) is 4.76. The van der Waals surface area contributed by atoms with Crippen molar-refractivity contribution in [3.63, 3.8) is 0 Å². The smallest absolute Gasteiger partial charge is 0.147 e. The highest BCUT2D eigenvalue weighted by Crippen LogP contribution is 2.35. The fraction of sp³-hybridized carbons (Fsp3) is 0.333. The van der Waals surface area contributed by atoms with Crippen molar-refractivity contribution in [1.82, 2.24) is 0 Å². The SMILES string of the molecule is CC(C)CC(O)(c1ccccc1)c1ccco1. The molecule has 2 heteroatoms. The van der Waals surface area contributed by atoms with E-state index < -0.39 is 5.60 Å².